The number of rotatable bonds is 2. The molecule has 0 radical (unpaired) electrons. The molecule has 0 amide bonds. The van der Waals surface area contributed by atoms with E-state index < -0.39 is 109 Å². The molecule has 22 heteroatoms. The van der Waals surface area contributed by atoms with Gasteiger partial charge in [-0.05, 0) is 6.04 Å². The van der Waals surface area contributed by atoms with Gasteiger partial charge < -0.3 is 45.3 Å². The van der Waals surface area contributed by atoms with E-state index in [2.05, 4.69) is 6.92 Å². The van der Waals surface area contributed by atoms with Gasteiger partial charge in [-0.1, -0.05) is 13.3 Å². The lowest BCUT2D eigenvalue weighted by molar-refractivity contribution is 0.340. The molecule has 0 aromatic carbocycles. The van der Waals surface area contributed by atoms with Crippen LogP contribution < -0.4 is 0 Å². The highest BCUT2D eigenvalue weighted by molar-refractivity contribution is 6.58. The highest BCUT2D eigenvalue weighted by Gasteiger charge is 2.12. The summed E-state index contributed by atoms with van der Waals surface area (Å²) >= 11 is 0. The molecule has 1 aliphatic heterocycles. The summed E-state index contributed by atoms with van der Waals surface area (Å²) in [6, 6.07) is 0.981. The summed E-state index contributed by atoms with van der Waals surface area (Å²) in [6.07, 6.45) is 1.05. The summed E-state index contributed by atoms with van der Waals surface area (Å²) in [5.74, 6) is 0. The maximum Gasteiger partial charge on any atom is 0.303 e. The van der Waals surface area contributed by atoms with Crippen molar-refractivity contribution in [3.05, 3.63) is 0 Å². The topological polar surface area (TPSA) is 102 Å². The molecule has 1 fully saturated rings. The van der Waals surface area contributed by atoms with Gasteiger partial charge in [-0.3, -0.25) is 0 Å². The van der Waals surface area contributed by atoms with Crippen LogP contribution in [0, 0.1) is 0 Å². The van der Waals surface area contributed by atoms with E-state index in [0.29, 0.717) is 0 Å². The van der Waals surface area contributed by atoms with Crippen LogP contribution in [-0.2, 0) is 45.3 Å². The Kier molecular flexibility index (Phi) is 20.7. The van der Waals surface area contributed by atoms with E-state index in [-0.39, 0.29) is 0 Å². The third kappa shape index (κ3) is 17.8. The van der Waals surface area contributed by atoms with Gasteiger partial charge in [-0.25, -0.2) is 0 Å². The Hall–Kier alpha value is 1.95. The van der Waals surface area contributed by atoms with Gasteiger partial charge in [0.15, 0.2) is 0 Å². The minimum Gasteiger partial charge on any atom is -0.425 e. The molecule has 0 bridgehead atoms. The lowest BCUT2D eigenvalue weighted by atomic mass is 10.6. The first-order valence-electron chi connectivity index (χ1n) is 7.86. The molecule has 0 aromatic rings. The molecular weight excluding hydrogens is 521 g/mol. The van der Waals surface area contributed by atoms with E-state index in [0.717, 1.165) is 12.5 Å². The van der Waals surface area contributed by atoms with Crippen LogP contribution in [0.3, 0.4) is 0 Å². The molecule has 0 spiro atoms. The van der Waals surface area contributed by atoms with Gasteiger partial charge in [0.2, 0.25) is 0 Å². The van der Waals surface area contributed by atoms with Crippen LogP contribution >= 0.6 is 0 Å². The summed E-state index contributed by atoms with van der Waals surface area (Å²) in [7, 11) is -11.4. The van der Waals surface area contributed by atoms with Crippen LogP contribution in [0.2, 0.25) is 6.04 Å². The number of hydrogen-bond donors (Lipinski definition) is 0. The Morgan fingerprint density at radius 2 is 0.760 bits per heavy atom. The zero-order valence-corrected chi connectivity index (χ0v) is 29.9. The van der Waals surface area contributed by atoms with Crippen molar-refractivity contribution in [2.45, 2.75) is 19.4 Å². The molecule has 1 aliphatic rings. The summed E-state index contributed by atoms with van der Waals surface area (Å²) in [4.78, 5) is 0. The molecule has 0 unspecified atom stereocenters. The van der Waals surface area contributed by atoms with E-state index in [1.165, 1.54) is 0 Å². The lowest BCUT2D eigenvalue weighted by Crippen LogP contribution is -2.30. The summed E-state index contributed by atoms with van der Waals surface area (Å²) < 4.78 is 60.9. The third-order valence-electron chi connectivity index (χ3n) is 2.53. The Morgan fingerprint density at radius 1 is 0.480 bits per heavy atom. The first-order chi connectivity index (χ1) is 12.4. The second-order valence-corrected chi connectivity index (χ2v) is 25.7. The van der Waals surface area contributed by atoms with Gasteiger partial charge >= 0.3 is 9.28 Å². The van der Waals surface area contributed by atoms with Crippen molar-refractivity contribution in [3.63, 3.8) is 0 Å². The smallest absolute Gasteiger partial charge is 0.303 e. The average Bonchev–Trinajstić information content (AvgIpc) is 2.62. The zero-order valence-electron chi connectivity index (χ0n) is 14.6. The van der Waals surface area contributed by atoms with Crippen LogP contribution in [0.1, 0.15) is 13.3 Å². The molecule has 25 heavy (non-hydrogen) atoms. The van der Waals surface area contributed by atoms with E-state index in [4.69, 9.17) is 45.3 Å². The van der Waals surface area contributed by atoms with Crippen molar-refractivity contribution >= 4 is 109 Å². The summed E-state index contributed by atoms with van der Waals surface area (Å²) in [5, 5.41) is 0. The van der Waals surface area contributed by atoms with Crippen LogP contribution in [0.25, 0.3) is 0 Å². The van der Waals surface area contributed by atoms with Crippen molar-refractivity contribution in [3.8, 4) is 0 Å². The number of hydrogen-bond acceptors (Lipinski definition) is 11. The monoisotopic (exact) mass is 548 g/mol. The predicted molar refractivity (Wildman–Crippen MR) is 120 cm³/mol. The highest BCUT2D eigenvalue weighted by Crippen LogP contribution is 2.00. The Labute approximate surface area is 173 Å². The molecule has 1 heterocycles. The van der Waals surface area contributed by atoms with E-state index in [1.54, 1.807) is 0 Å². The first-order valence-corrected chi connectivity index (χ1v) is 21.2. The maximum atomic E-state index is 5.84. The molecule has 0 saturated carbocycles. The van der Waals surface area contributed by atoms with Crippen molar-refractivity contribution in [1.29, 1.82) is 0 Å². The van der Waals surface area contributed by atoms with Crippen LogP contribution in [0.4, 0.5) is 0 Å². The third-order valence-corrected chi connectivity index (χ3v) is 19.6. The lowest BCUT2D eigenvalue weighted by Gasteiger charge is -2.17. The molecule has 0 aliphatic carbocycles. The first kappa shape index (κ1) is 25.0. The molecule has 150 valence electrons. The predicted octanol–water partition coefficient (Wildman–Crippen LogP) is -9.20. The summed E-state index contributed by atoms with van der Waals surface area (Å²) in [6.45, 7) is 2.13. The Bertz CT molecular complexity index is 258. The normalized spacial score (nSPS) is 35.2. The molecule has 0 aromatic heterocycles. The second-order valence-electron chi connectivity index (χ2n) is 4.57. The molecule has 0 N–H and O–H groups in total. The Morgan fingerprint density at radius 3 is 1.04 bits per heavy atom. The van der Waals surface area contributed by atoms with Crippen molar-refractivity contribution in [1.82, 2.24) is 0 Å². The fourth-order valence-electron chi connectivity index (χ4n) is 1.48. The maximum absolute atomic E-state index is 5.84. The largest absolute Gasteiger partial charge is 0.425 e. The molecular formula is C3H28O11Si11. The second kappa shape index (κ2) is 20.7. The molecule has 0 atom stereocenters. The van der Waals surface area contributed by atoms with Gasteiger partial charge in [0, 0.05) is 0 Å². The van der Waals surface area contributed by atoms with Gasteiger partial charge in [0.1, 0.15) is 0 Å². The minimum absolute atomic E-state index is 0.955. The van der Waals surface area contributed by atoms with Crippen LogP contribution in [-0.4, -0.2) is 109 Å². The average molecular weight is 549 g/mol. The molecule has 1 rings (SSSR count). The standard InChI is InChI=1S/C3H28O11Si11/c1-2-3-25-13-23-11-21-9-19-7-17-5-15-4-16-6-18-8-20-10-22-12-24-14-25/h25H,2-3,15-24H2,1H3. The molecule has 1 saturated heterocycles. The van der Waals surface area contributed by atoms with Gasteiger partial charge in [-0.2, -0.15) is 0 Å². The van der Waals surface area contributed by atoms with E-state index in [9.17, 15) is 0 Å². The fourth-order valence-corrected chi connectivity index (χ4v) is 23.0. The van der Waals surface area contributed by atoms with Crippen molar-refractivity contribution in [2.24, 2.45) is 0 Å². The SMILES string of the molecule is CCC[SiH]1O[SiH2]O[SiH2]O[SiH2]O[SiH2]O[SiH2]O[SiH2]O[SiH2]O[SiH2]O[SiH2]O[SiH2]O1. The van der Waals surface area contributed by atoms with E-state index in [1.807, 2.05) is 0 Å². The highest BCUT2D eigenvalue weighted by atomic mass is 28.4. The van der Waals surface area contributed by atoms with Gasteiger partial charge in [0.25, 0.3) is 100 Å². The minimum atomic E-state index is -1.63. The fraction of sp³-hybridized carbons (Fsp3) is 1.00. The van der Waals surface area contributed by atoms with Gasteiger partial charge in [-0.15, -0.1) is 0 Å². The van der Waals surface area contributed by atoms with Crippen molar-refractivity contribution < 1.29 is 45.3 Å². The Balaban J connectivity index is 2.17. The summed E-state index contributed by atoms with van der Waals surface area (Å²) in [5.41, 5.74) is 0. The zero-order chi connectivity index (χ0) is 17.8. The van der Waals surface area contributed by atoms with Crippen LogP contribution in [0.5, 0.6) is 0 Å². The van der Waals surface area contributed by atoms with E-state index >= 15 is 0 Å². The molecule has 11 nitrogen and oxygen atoms in total. The quantitative estimate of drug-likeness (QED) is 0.307. The van der Waals surface area contributed by atoms with Gasteiger partial charge in [0.05, 0.1) is 0 Å². The van der Waals surface area contributed by atoms with Crippen LogP contribution in [0.15, 0.2) is 0 Å². The van der Waals surface area contributed by atoms with Crippen molar-refractivity contribution in [2.75, 3.05) is 0 Å².